The van der Waals surface area contributed by atoms with E-state index in [1.54, 1.807) is 12.1 Å². The number of hydrogen-bond acceptors (Lipinski definition) is 3. The fraction of sp³-hybridized carbons (Fsp3) is 0.333. The van der Waals surface area contributed by atoms with Gasteiger partial charge in [-0.3, -0.25) is 0 Å². The molecule has 2 rings (SSSR count). The highest BCUT2D eigenvalue weighted by Gasteiger charge is 2.13. The van der Waals surface area contributed by atoms with Gasteiger partial charge in [0.05, 0.1) is 6.07 Å². The maximum atomic E-state index is 11.2. The predicted octanol–water partition coefficient (Wildman–Crippen LogP) is 3.45. The molecule has 0 aliphatic rings. The van der Waals surface area contributed by atoms with Gasteiger partial charge in [0, 0.05) is 17.4 Å². The molecule has 0 saturated heterocycles. The van der Waals surface area contributed by atoms with Crippen molar-refractivity contribution >= 4 is 11.0 Å². The highest BCUT2D eigenvalue weighted by Crippen LogP contribution is 2.29. The van der Waals surface area contributed by atoms with Gasteiger partial charge >= 0.3 is 5.63 Å². The Morgan fingerprint density at radius 2 is 2.06 bits per heavy atom. The quantitative estimate of drug-likeness (QED) is 0.773. The largest absolute Gasteiger partial charge is 0.423 e. The molecule has 2 aromatic rings. The van der Waals surface area contributed by atoms with Crippen LogP contribution in [0.5, 0.6) is 0 Å². The van der Waals surface area contributed by atoms with Gasteiger partial charge in [0.25, 0.3) is 0 Å². The van der Waals surface area contributed by atoms with Crippen molar-refractivity contribution in [2.75, 3.05) is 0 Å². The third kappa shape index (κ3) is 2.43. The molecular weight excluding hydrogens is 226 g/mol. The van der Waals surface area contributed by atoms with Gasteiger partial charge in [-0.25, -0.2) is 4.79 Å². The summed E-state index contributed by atoms with van der Waals surface area (Å²) in [6, 6.07) is 11.2. The van der Waals surface area contributed by atoms with Crippen LogP contribution in [0.2, 0.25) is 0 Å². The van der Waals surface area contributed by atoms with E-state index in [9.17, 15) is 4.79 Å². The highest BCUT2D eigenvalue weighted by atomic mass is 16.4. The first-order valence-corrected chi connectivity index (χ1v) is 6.04. The summed E-state index contributed by atoms with van der Waals surface area (Å²) >= 11 is 0. The van der Waals surface area contributed by atoms with Crippen molar-refractivity contribution in [1.29, 1.82) is 5.26 Å². The fourth-order valence-electron chi connectivity index (χ4n) is 2.26. The van der Waals surface area contributed by atoms with Crippen molar-refractivity contribution in [2.45, 2.75) is 26.2 Å². The summed E-state index contributed by atoms with van der Waals surface area (Å²) in [6.07, 6.45) is 0.800. The second-order valence-electron chi connectivity index (χ2n) is 4.68. The van der Waals surface area contributed by atoms with E-state index >= 15 is 0 Å². The number of nitrogens with zero attached hydrogens (tertiary/aromatic N) is 1. The maximum Gasteiger partial charge on any atom is 0.336 e. The van der Waals surface area contributed by atoms with E-state index in [-0.39, 0.29) is 17.5 Å². The Balaban J connectivity index is 2.45. The number of benzene rings is 1. The highest BCUT2D eigenvalue weighted by molar-refractivity contribution is 5.80. The molecular formula is C15H15NO2. The Hall–Kier alpha value is -2.08. The summed E-state index contributed by atoms with van der Waals surface area (Å²) in [5.74, 6) is 0.280. The molecule has 1 aromatic heterocycles. The lowest BCUT2D eigenvalue weighted by Gasteiger charge is -2.14. The Morgan fingerprint density at radius 3 is 2.78 bits per heavy atom. The molecule has 0 aliphatic carbocycles. The Kier molecular flexibility index (Phi) is 3.47. The molecule has 0 amide bonds. The predicted molar refractivity (Wildman–Crippen MR) is 70.3 cm³/mol. The van der Waals surface area contributed by atoms with E-state index in [2.05, 4.69) is 13.0 Å². The van der Waals surface area contributed by atoms with Crippen LogP contribution in [-0.2, 0) is 0 Å². The molecule has 2 atom stereocenters. The molecule has 0 N–H and O–H groups in total. The molecule has 3 heteroatoms. The van der Waals surface area contributed by atoms with Crippen molar-refractivity contribution in [3.8, 4) is 6.07 Å². The summed E-state index contributed by atoms with van der Waals surface area (Å²) < 4.78 is 5.16. The van der Waals surface area contributed by atoms with Gasteiger partial charge < -0.3 is 4.42 Å². The van der Waals surface area contributed by atoms with Crippen molar-refractivity contribution < 1.29 is 4.42 Å². The van der Waals surface area contributed by atoms with Gasteiger partial charge in [0.1, 0.15) is 5.58 Å². The topological polar surface area (TPSA) is 54.0 Å². The van der Waals surface area contributed by atoms with Crippen LogP contribution >= 0.6 is 0 Å². The molecule has 0 radical (unpaired) electrons. The smallest absolute Gasteiger partial charge is 0.336 e. The van der Waals surface area contributed by atoms with Crippen LogP contribution in [0.3, 0.4) is 0 Å². The standard InChI is InChI=1S/C15H15NO2/c1-10(9-16)8-11(2)12-4-3-5-14-13(12)6-7-15(17)18-14/h3-7,10-11H,8H2,1-2H3. The molecule has 92 valence electrons. The van der Waals surface area contributed by atoms with Gasteiger partial charge in [-0.15, -0.1) is 0 Å². The molecule has 1 heterocycles. The lowest BCUT2D eigenvalue weighted by atomic mass is 9.89. The third-order valence-corrected chi connectivity index (χ3v) is 3.15. The van der Waals surface area contributed by atoms with Gasteiger partial charge in [0.15, 0.2) is 0 Å². The van der Waals surface area contributed by atoms with Gasteiger partial charge in [-0.2, -0.15) is 5.26 Å². The van der Waals surface area contributed by atoms with Crippen LogP contribution in [0.1, 0.15) is 31.7 Å². The lowest BCUT2D eigenvalue weighted by Crippen LogP contribution is -2.02. The lowest BCUT2D eigenvalue weighted by molar-refractivity contribution is 0.556. The molecule has 18 heavy (non-hydrogen) atoms. The molecule has 1 aromatic carbocycles. The second kappa shape index (κ2) is 5.05. The zero-order chi connectivity index (χ0) is 13.1. The molecule has 3 nitrogen and oxygen atoms in total. The number of fused-ring (bicyclic) bond motifs is 1. The average Bonchev–Trinajstić information content (AvgIpc) is 2.37. The second-order valence-corrected chi connectivity index (χ2v) is 4.68. The Morgan fingerprint density at radius 1 is 1.28 bits per heavy atom. The van der Waals surface area contributed by atoms with Crippen molar-refractivity contribution in [3.63, 3.8) is 0 Å². The maximum absolute atomic E-state index is 11.2. The molecule has 2 unspecified atom stereocenters. The van der Waals surface area contributed by atoms with Crippen LogP contribution in [0.15, 0.2) is 39.5 Å². The van der Waals surface area contributed by atoms with Crippen LogP contribution in [-0.4, -0.2) is 0 Å². The molecule has 0 bridgehead atoms. The first-order valence-electron chi connectivity index (χ1n) is 6.04. The third-order valence-electron chi connectivity index (χ3n) is 3.15. The zero-order valence-electron chi connectivity index (χ0n) is 10.5. The average molecular weight is 241 g/mol. The number of hydrogen-bond donors (Lipinski definition) is 0. The minimum atomic E-state index is -0.335. The number of nitriles is 1. The van der Waals surface area contributed by atoms with Crippen molar-refractivity contribution in [1.82, 2.24) is 0 Å². The Labute approximate surface area is 106 Å². The zero-order valence-corrected chi connectivity index (χ0v) is 10.5. The summed E-state index contributed by atoms with van der Waals surface area (Å²) in [7, 11) is 0. The molecule has 0 fully saturated rings. The number of rotatable bonds is 3. The van der Waals surface area contributed by atoms with Gasteiger partial charge in [-0.1, -0.05) is 19.1 Å². The minimum Gasteiger partial charge on any atom is -0.423 e. The van der Waals surface area contributed by atoms with Crippen molar-refractivity contribution in [2.24, 2.45) is 5.92 Å². The van der Waals surface area contributed by atoms with Crippen LogP contribution in [0.25, 0.3) is 11.0 Å². The first-order chi connectivity index (χ1) is 8.61. The van der Waals surface area contributed by atoms with E-state index in [1.807, 2.05) is 19.1 Å². The summed E-state index contributed by atoms with van der Waals surface area (Å²) in [6.45, 7) is 4.01. The van der Waals surface area contributed by atoms with Crippen LogP contribution < -0.4 is 5.63 Å². The van der Waals surface area contributed by atoms with E-state index in [1.165, 1.54) is 6.07 Å². The summed E-state index contributed by atoms with van der Waals surface area (Å²) in [5.41, 5.74) is 1.40. The van der Waals surface area contributed by atoms with E-state index in [0.717, 1.165) is 17.4 Å². The normalized spacial score (nSPS) is 14.1. The summed E-state index contributed by atoms with van der Waals surface area (Å²) in [4.78, 5) is 11.2. The fourth-order valence-corrected chi connectivity index (χ4v) is 2.26. The monoisotopic (exact) mass is 241 g/mol. The molecule has 0 saturated carbocycles. The van der Waals surface area contributed by atoms with E-state index in [0.29, 0.717) is 5.58 Å². The van der Waals surface area contributed by atoms with Crippen molar-refractivity contribution in [3.05, 3.63) is 46.3 Å². The molecule has 0 aliphatic heterocycles. The van der Waals surface area contributed by atoms with E-state index in [4.69, 9.17) is 9.68 Å². The molecule has 0 spiro atoms. The van der Waals surface area contributed by atoms with Crippen LogP contribution in [0.4, 0.5) is 0 Å². The minimum absolute atomic E-state index is 0.0194. The first kappa shape index (κ1) is 12.4. The SMILES string of the molecule is CC(C#N)CC(C)c1cccc2oc(=O)ccc12. The Bertz CT molecular complexity index is 651. The van der Waals surface area contributed by atoms with Gasteiger partial charge in [-0.05, 0) is 37.0 Å². The van der Waals surface area contributed by atoms with Crippen LogP contribution in [0, 0.1) is 17.2 Å². The van der Waals surface area contributed by atoms with Gasteiger partial charge in [0.2, 0.25) is 0 Å². The van der Waals surface area contributed by atoms with E-state index < -0.39 is 0 Å². The summed E-state index contributed by atoms with van der Waals surface area (Å²) in [5, 5.41) is 9.82.